The Labute approximate surface area is 156 Å². The van der Waals surface area contributed by atoms with Gasteiger partial charge in [0.1, 0.15) is 12.7 Å². The fourth-order valence-electron chi connectivity index (χ4n) is 2.85. The highest BCUT2D eigenvalue weighted by Crippen LogP contribution is 2.33. The van der Waals surface area contributed by atoms with E-state index in [1.54, 1.807) is 11.8 Å². The minimum absolute atomic E-state index is 0.224. The summed E-state index contributed by atoms with van der Waals surface area (Å²) in [6, 6.07) is 5.98. The van der Waals surface area contributed by atoms with E-state index in [0.717, 1.165) is 22.0 Å². The maximum absolute atomic E-state index is 12.6. The van der Waals surface area contributed by atoms with Gasteiger partial charge < -0.3 is 9.57 Å². The van der Waals surface area contributed by atoms with Crippen LogP contribution >= 0.6 is 11.8 Å². The van der Waals surface area contributed by atoms with Crippen molar-refractivity contribution in [2.75, 3.05) is 13.4 Å². The van der Waals surface area contributed by atoms with Crippen LogP contribution in [0.25, 0.3) is 22.2 Å². The Hall–Kier alpha value is -2.54. The molecule has 0 spiro atoms. The summed E-state index contributed by atoms with van der Waals surface area (Å²) < 4.78 is 7.07. The Kier molecular flexibility index (Phi) is 5.18. The molecule has 0 N–H and O–H groups in total. The van der Waals surface area contributed by atoms with Crippen LogP contribution in [-0.2, 0) is 4.74 Å². The maximum atomic E-state index is 12.6. The Morgan fingerprint density at radius 1 is 1.31 bits per heavy atom. The predicted octanol–water partition coefficient (Wildman–Crippen LogP) is 3.75. The molecule has 0 aliphatic rings. The zero-order chi connectivity index (χ0) is 18.8. The van der Waals surface area contributed by atoms with Crippen molar-refractivity contribution in [3.8, 4) is 11.3 Å². The van der Waals surface area contributed by atoms with E-state index < -0.39 is 5.97 Å². The lowest BCUT2D eigenvalue weighted by molar-refractivity contribution is 0.0377. The summed E-state index contributed by atoms with van der Waals surface area (Å²) >= 11 is 1.42. The highest BCUT2D eigenvalue weighted by atomic mass is 32.2. The van der Waals surface area contributed by atoms with Gasteiger partial charge in [0, 0.05) is 17.1 Å². The predicted molar refractivity (Wildman–Crippen MR) is 103 cm³/mol. The van der Waals surface area contributed by atoms with Gasteiger partial charge in [0.15, 0.2) is 5.16 Å². The van der Waals surface area contributed by atoms with E-state index in [4.69, 9.17) is 9.57 Å². The normalized spacial score (nSPS) is 11.2. The Balaban J connectivity index is 2.27. The van der Waals surface area contributed by atoms with Crippen LogP contribution < -0.4 is 4.84 Å². The quantitative estimate of drug-likeness (QED) is 0.387. The van der Waals surface area contributed by atoms with Gasteiger partial charge in [-0.2, -0.15) is 4.73 Å². The summed E-state index contributed by atoms with van der Waals surface area (Å²) in [5.74, 6) is -0.436. The standard InChI is InChI=1S/C19H21N3O3S/c1-11(2)25-18(23)14-9-20-19(26-5)21-16(14)15-10-22(24-4)17-12(3)7-6-8-13(15)17/h6-11H,1-5H3. The second-order valence-electron chi connectivity index (χ2n) is 6.10. The number of aromatic nitrogens is 3. The molecule has 6 nitrogen and oxygen atoms in total. The number of benzene rings is 1. The summed E-state index contributed by atoms with van der Waals surface area (Å²) in [6.07, 6.45) is 5.05. The van der Waals surface area contributed by atoms with Crippen molar-refractivity contribution in [3.63, 3.8) is 0 Å². The van der Waals surface area contributed by atoms with Crippen LogP contribution in [0.5, 0.6) is 0 Å². The molecule has 2 heterocycles. The summed E-state index contributed by atoms with van der Waals surface area (Å²) in [7, 11) is 1.61. The maximum Gasteiger partial charge on any atom is 0.342 e. The number of thioether (sulfide) groups is 1. The van der Waals surface area contributed by atoms with Gasteiger partial charge in [0.25, 0.3) is 0 Å². The lowest BCUT2D eigenvalue weighted by Crippen LogP contribution is -2.14. The molecular weight excluding hydrogens is 350 g/mol. The molecule has 0 aliphatic heterocycles. The van der Waals surface area contributed by atoms with Gasteiger partial charge in [-0.3, -0.25) is 0 Å². The number of rotatable bonds is 5. The molecular formula is C19H21N3O3S. The average Bonchev–Trinajstić information content (AvgIpc) is 3.00. The van der Waals surface area contributed by atoms with E-state index >= 15 is 0 Å². The van der Waals surface area contributed by atoms with Gasteiger partial charge in [0.2, 0.25) is 0 Å². The van der Waals surface area contributed by atoms with Crippen LogP contribution in [0.1, 0.15) is 29.8 Å². The van der Waals surface area contributed by atoms with Gasteiger partial charge in [-0.15, -0.1) is 0 Å². The van der Waals surface area contributed by atoms with Crippen LogP contribution in [0.4, 0.5) is 0 Å². The topological polar surface area (TPSA) is 66.2 Å². The van der Waals surface area contributed by atoms with Crippen molar-refractivity contribution >= 4 is 28.6 Å². The summed E-state index contributed by atoms with van der Waals surface area (Å²) in [5.41, 5.74) is 3.70. The van der Waals surface area contributed by atoms with Crippen LogP contribution in [0.15, 0.2) is 35.7 Å². The lowest BCUT2D eigenvalue weighted by Gasteiger charge is -2.11. The Bertz CT molecular complexity index is 966. The molecule has 0 bridgehead atoms. The average molecular weight is 371 g/mol. The minimum atomic E-state index is -0.436. The molecule has 136 valence electrons. The minimum Gasteiger partial charge on any atom is -0.459 e. The van der Waals surface area contributed by atoms with E-state index in [2.05, 4.69) is 9.97 Å². The Morgan fingerprint density at radius 3 is 2.73 bits per heavy atom. The third-order valence-corrected chi connectivity index (χ3v) is 4.52. The number of aryl methyl sites for hydroxylation is 1. The number of nitrogens with zero attached hydrogens (tertiary/aromatic N) is 3. The van der Waals surface area contributed by atoms with Gasteiger partial charge in [-0.25, -0.2) is 14.8 Å². The highest BCUT2D eigenvalue weighted by molar-refractivity contribution is 7.98. The Morgan fingerprint density at radius 2 is 2.08 bits per heavy atom. The first-order valence-corrected chi connectivity index (χ1v) is 9.46. The molecule has 2 aromatic heterocycles. The van der Waals surface area contributed by atoms with Gasteiger partial charge >= 0.3 is 5.97 Å². The number of fused-ring (bicyclic) bond motifs is 1. The van der Waals surface area contributed by atoms with Crippen LogP contribution in [0.3, 0.4) is 0 Å². The summed E-state index contributed by atoms with van der Waals surface area (Å²) in [4.78, 5) is 26.9. The zero-order valence-electron chi connectivity index (χ0n) is 15.4. The molecule has 0 unspecified atom stereocenters. The fraction of sp³-hybridized carbons (Fsp3) is 0.316. The van der Waals surface area contributed by atoms with Crippen molar-refractivity contribution in [1.82, 2.24) is 14.7 Å². The SMILES string of the molecule is COn1cc(-c2nc(SC)ncc2C(=O)OC(C)C)c2cccc(C)c21. The third kappa shape index (κ3) is 3.26. The monoisotopic (exact) mass is 371 g/mol. The van der Waals surface area contributed by atoms with Crippen molar-refractivity contribution in [3.05, 3.63) is 41.7 Å². The van der Waals surface area contributed by atoms with Crippen molar-refractivity contribution in [1.29, 1.82) is 0 Å². The van der Waals surface area contributed by atoms with Crippen LogP contribution in [-0.4, -0.2) is 40.1 Å². The zero-order valence-corrected chi connectivity index (χ0v) is 16.3. The number of carbonyl (C=O) groups excluding carboxylic acids is 1. The fourth-order valence-corrected chi connectivity index (χ4v) is 3.19. The highest BCUT2D eigenvalue weighted by Gasteiger charge is 2.22. The molecule has 0 saturated carbocycles. The number of ether oxygens (including phenoxy) is 1. The van der Waals surface area contributed by atoms with Gasteiger partial charge in [-0.05, 0) is 32.6 Å². The summed E-state index contributed by atoms with van der Waals surface area (Å²) in [5, 5.41) is 1.54. The van der Waals surface area contributed by atoms with Crippen molar-refractivity contribution < 1.29 is 14.4 Å². The van der Waals surface area contributed by atoms with Crippen molar-refractivity contribution in [2.45, 2.75) is 32.0 Å². The van der Waals surface area contributed by atoms with E-state index in [-0.39, 0.29) is 6.10 Å². The first kappa shape index (κ1) is 18.3. The third-order valence-electron chi connectivity index (χ3n) is 3.96. The second kappa shape index (κ2) is 7.37. The molecule has 0 fully saturated rings. The summed E-state index contributed by atoms with van der Waals surface area (Å²) in [6.45, 7) is 5.65. The van der Waals surface area contributed by atoms with Gasteiger partial charge in [-0.1, -0.05) is 30.0 Å². The molecule has 0 atom stereocenters. The molecule has 0 saturated heterocycles. The largest absolute Gasteiger partial charge is 0.459 e. The molecule has 3 aromatic rings. The molecule has 0 radical (unpaired) electrons. The van der Waals surface area contributed by atoms with E-state index in [1.807, 2.05) is 51.4 Å². The van der Waals surface area contributed by atoms with E-state index in [1.165, 1.54) is 18.0 Å². The first-order valence-electron chi connectivity index (χ1n) is 8.23. The van der Waals surface area contributed by atoms with E-state index in [9.17, 15) is 4.79 Å². The first-order chi connectivity index (χ1) is 12.5. The number of esters is 1. The molecule has 26 heavy (non-hydrogen) atoms. The van der Waals surface area contributed by atoms with Crippen LogP contribution in [0.2, 0.25) is 0 Å². The number of para-hydroxylation sites is 1. The second-order valence-corrected chi connectivity index (χ2v) is 6.87. The molecule has 1 aromatic carbocycles. The van der Waals surface area contributed by atoms with Crippen LogP contribution in [0, 0.1) is 6.92 Å². The van der Waals surface area contributed by atoms with Crippen molar-refractivity contribution in [2.24, 2.45) is 0 Å². The smallest absolute Gasteiger partial charge is 0.342 e. The number of hydrogen-bond donors (Lipinski definition) is 0. The number of hydrogen-bond acceptors (Lipinski definition) is 6. The molecule has 0 aliphatic carbocycles. The van der Waals surface area contributed by atoms with Gasteiger partial charge in [0.05, 0.1) is 23.5 Å². The number of carbonyl (C=O) groups is 1. The van der Waals surface area contributed by atoms with E-state index in [0.29, 0.717) is 16.4 Å². The molecule has 3 rings (SSSR count). The lowest BCUT2D eigenvalue weighted by atomic mass is 10.0. The molecule has 7 heteroatoms. The molecule has 0 amide bonds.